The van der Waals surface area contributed by atoms with E-state index in [9.17, 15) is 0 Å². The molecule has 3 aromatic carbocycles. The molecular formula is C22H20N2. The third-order valence-electron chi connectivity index (χ3n) is 3.87. The fourth-order valence-corrected chi connectivity index (χ4v) is 2.50. The lowest BCUT2D eigenvalue weighted by Crippen LogP contribution is -1.88. The van der Waals surface area contributed by atoms with Gasteiger partial charge in [0.2, 0.25) is 0 Å². The molecule has 0 unspecified atom stereocenters. The molecule has 24 heavy (non-hydrogen) atoms. The van der Waals surface area contributed by atoms with E-state index in [1.165, 1.54) is 0 Å². The largest absolute Gasteiger partial charge is 0.398 e. The van der Waals surface area contributed by atoms with Gasteiger partial charge in [0.25, 0.3) is 0 Å². The van der Waals surface area contributed by atoms with Crippen LogP contribution >= 0.6 is 0 Å². The van der Waals surface area contributed by atoms with Gasteiger partial charge in [0.15, 0.2) is 0 Å². The summed E-state index contributed by atoms with van der Waals surface area (Å²) >= 11 is 0. The maximum atomic E-state index is 5.99. The molecule has 118 valence electrons. The van der Waals surface area contributed by atoms with Crippen LogP contribution in [0.5, 0.6) is 0 Å². The van der Waals surface area contributed by atoms with Crippen LogP contribution in [0, 0.1) is 0 Å². The Morgan fingerprint density at radius 2 is 0.708 bits per heavy atom. The zero-order valence-corrected chi connectivity index (χ0v) is 13.4. The van der Waals surface area contributed by atoms with Gasteiger partial charge in [-0.05, 0) is 34.4 Å². The van der Waals surface area contributed by atoms with Crippen LogP contribution in [-0.4, -0.2) is 0 Å². The van der Waals surface area contributed by atoms with Crippen LogP contribution in [0.2, 0.25) is 0 Å². The monoisotopic (exact) mass is 312 g/mol. The maximum absolute atomic E-state index is 5.99. The summed E-state index contributed by atoms with van der Waals surface area (Å²) in [4.78, 5) is 0. The van der Waals surface area contributed by atoms with E-state index in [2.05, 4.69) is 24.3 Å². The van der Waals surface area contributed by atoms with Crippen molar-refractivity contribution in [2.75, 3.05) is 11.5 Å². The number of benzene rings is 3. The first-order chi connectivity index (χ1) is 11.7. The lowest BCUT2D eigenvalue weighted by Gasteiger charge is -2.03. The van der Waals surface area contributed by atoms with Crippen molar-refractivity contribution >= 4 is 35.7 Å². The molecule has 0 fully saturated rings. The molecule has 2 heteroatoms. The van der Waals surface area contributed by atoms with Crippen molar-refractivity contribution < 1.29 is 0 Å². The van der Waals surface area contributed by atoms with Gasteiger partial charge in [-0.3, -0.25) is 0 Å². The molecule has 0 spiro atoms. The Labute approximate surface area is 142 Å². The normalized spacial score (nSPS) is 11.3. The Balaban J connectivity index is 1.89. The van der Waals surface area contributed by atoms with E-state index in [-0.39, 0.29) is 0 Å². The first kappa shape index (κ1) is 15.6. The number of anilines is 2. The highest BCUT2D eigenvalue weighted by atomic mass is 14.6. The number of para-hydroxylation sites is 2. The van der Waals surface area contributed by atoms with Crippen molar-refractivity contribution in [3.05, 3.63) is 95.1 Å². The van der Waals surface area contributed by atoms with Gasteiger partial charge < -0.3 is 11.5 Å². The fourth-order valence-electron chi connectivity index (χ4n) is 2.50. The highest BCUT2D eigenvalue weighted by Crippen LogP contribution is 2.20. The van der Waals surface area contributed by atoms with Crippen molar-refractivity contribution in [3.63, 3.8) is 0 Å². The Morgan fingerprint density at radius 3 is 1.08 bits per heavy atom. The van der Waals surface area contributed by atoms with Crippen LogP contribution < -0.4 is 11.5 Å². The average molecular weight is 312 g/mol. The van der Waals surface area contributed by atoms with Gasteiger partial charge in [0.1, 0.15) is 0 Å². The molecule has 0 aliphatic carbocycles. The molecule has 4 N–H and O–H groups in total. The van der Waals surface area contributed by atoms with Crippen molar-refractivity contribution in [3.8, 4) is 0 Å². The minimum atomic E-state index is 0.777. The van der Waals surface area contributed by atoms with Gasteiger partial charge in [-0.15, -0.1) is 0 Å². The van der Waals surface area contributed by atoms with Gasteiger partial charge in [-0.1, -0.05) is 85.0 Å². The lowest BCUT2D eigenvalue weighted by molar-refractivity contribution is 1.60. The van der Waals surface area contributed by atoms with Crippen LogP contribution in [0.25, 0.3) is 24.3 Å². The summed E-state index contributed by atoms with van der Waals surface area (Å²) in [7, 11) is 0. The molecule has 0 saturated carbocycles. The minimum Gasteiger partial charge on any atom is -0.398 e. The first-order valence-corrected chi connectivity index (χ1v) is 7.88. The summed E-state index contributed by atoms with van der Waals surface area (Å²) in [6.45, 7) is 0. The average Bonchev–Trinajstić information content (AvgIpc) is 2.61. The third-order valence-corrected chi connectivity index (χ3v) is 3.87. The molecule has 3 rings (SSSR count). The molecule has 0 saturated heterocycles. The molecule has 2 nitrogen and oxygen atoms in total. The van der Waals surface area contributed by atoms with Gasteiger partial charge >= 0.3 is 0 Å². The number of rotatable bonds is 4. The van der Waals surface area contributed by atoms with E-state index >= 15 is 0 Å². The summed E-state index contributed by atoms with van der Waals surface area (Å²) in [5.74, 6) is 0. The molecule has 0 aliphatic heterocycles. The first-order valence-electron chi connectivity index (χ1n) is 7.88. The van der Waals surface area contributed by atoms with Crippen LogP contribution in [0.1, 0.15) is 22.3 Å². The van der Waals surface area contributed by atoms with Crippen molar-refractivity contribution in [1.82, 2.24) is 0 Å². The standard InChI is InChI=1S/C22H20N2/c23-21-11-5-3-9-19(21)15-13-17-7-1-2-8-18(17)14-16-20-10-4-6-12-22(20)24/h1-16H,23-24H2. The second-order valence-corrected chi connectivity index (χ2v) is 5.55. The summed E-state index contributed by atoms with van der Waals surface area (Å²) in [5, 5.41) is 0. The molecule has 0 amide bonds. The van der Waals surface area contributed by atoms with Gasteiger partial charge in [0.05, 0.1) is 0 Å². The van der Waals surface area contributed by atoms with Gasteiger partial charge in [-0.2, -0.15) is 0 Å². The number of nitrogens with two attached hydrogens (primary N) is 2. The third kappa shape index (κ3) is 3.73. The molecule has 0 aromatic heterocycles. The highest BCUT2D eigenvalue weighted by molar-refractivity contribution is 5.82. The van der Waals surface area contributed by atoms with Crippen molar-refractivity contribution in [2.45, 2.75) is 0 Å². The predicted octanol–water partition coefficient (Wildman–Crippen LogP) is 5.19. The molecular weight excluding hydrogens is 292 g/mol. The quantitative estimate of drug-likeness (QED) is 0.514. The summed E-state index contributed by atoms with van der Waals surface area (Å²) in [6, 6.07) is 23.9. The van der Waals surface area contributed by atoms with Crippen LogP contribution in [-0.2, 0) is 0 Å². The van der Waals surface area contributed by atoms with E-state index in [0.717, 1.165) is 33.6 Å². The minimum absolute atomic E-state index is 0.777. The molecule has 3 aromatic rings. The molecule has 0 bridgehead atoms. The Morgan fingerprint density at radius 1 is 0.417 bits per heavy atom. The zero-order chi connectivity index (χ0) is 16.8. The summed E-state index contributed by atoms with van der Waals surface area (Å²) < 4.78 is 0. The van der Waals surface area contributed by atoms with E-state index in [1.54, 1.807) is 0 Å². The molecule has 0 radical (unpaired) electrons. The van der Waals surface area contributed by atoms with Crippen LogP contribution in [0.15, 0.2) is 72.8 Å². The Bertz CT molecular complexity index is 817. The number of nitrogen functional groups attached to an aromatic ring is 2. The molecule has 0 aliphatic rings. The van der Waals surface area contributed by atoms with E-state index in [1.807, 2.05) is 72.8 Å². The van der Waals surface area contributed by atoms with E-state index in [0.29, 0.717) is 0 Å². The molecule has 0 atom stereocenters. The zero-order valence-electron chi connectivity index (χ0n) is 13.4. The second kappa shape index (κ2) is 7.34. The fraction of sp³-hybridized carbons (Fsp3) is 0. The van der Waals surface area contributed by atoms with E-state index in [4.69, 9.17) is 11.5 Å². The smallest absolute Gasteiger partial charge is 0.0387 e. The summed E-state index contributed by atoms with van der Waals surface area (Å²) in [5.41, 5.74) is 17.8. The van der Waals surface area contributed by atoms with Gasteiger partial charge in [0, 0.05) is 11.4 Å². The van der Waals surface area contributed by atoms with E-state index < -0.39 is 0 Å². The Hall–Kier alpha value is -3.26. The van der Waals surface area contributed by atoms with Crippen LogP contribution in [0.3, 0.4) is 0 Å². The summed E-state index contributed by atoms with van der Waals surface area (Å²) in [6.07, 6.45) is 8.25. The van der Waals surface area contributed by atoms with Crippen molar-refractivity contribution in [2.24, 2.45) is 0 Å². The molecule has 0 heterocycles. The number of hydrogen-bond acceptors (Lipinski definition) is 2. The van der Waals surface area contributed by atoms with Crippen LogP contribution in [0.4, 0.5) is 11.4 Å². The Kier molecular flexibility index (Phi) is 4.78. The second-order valence-electron chi connectivity index (χ2n) is 5.55. The number of hydrogen-bond donors (Lipinski definition) is 2. The SMILES string of the molecule is Nc1ccccc1C=Cc1ccccc1C=Cc1ccccc1N. The predicted molar refractivity (Wildman–Crippen MR) is 106 cm³/mol. The highest BCUT2D eigenvalue weighted by Gasteiger charge is 1.97. The maximum Gasteiger partial charge on any atom is 0.0387 e. The topological polar surface area (TPSA) is 52.0 Å². The lowest BCUT2D eigenvalue weighted by atomic mass is 10.0. The van der Waals surface area contributed by atoms with Crippen molar-refractivity contribution in [1.29, 1.82) is 0 Å². The van der Waals surface area contributed by atoms with Gasteiger partial charge in [-0.25, -0.2) is 0 Å².